The molecule has 0 unspecified atom stereocenters. The predicted molar refractivity (Wildman–Crippen MR) is 72.8 cm³/mol. The standard InChI is InChI=1S/C14H19N3O/c1-4-5-8-13(18)16-12-7-6-9-17-11(3)10(2)15-14(12)17/h6-7,9H,4-5,8H2,1-3H3,(H,16,18). The number of fused-ring (bicyclic) bond motifs is 1. The third kappa shape index (κ3) is 2.37. The van der Waals surface area contributed by atoms with Gasteiger partial charge in [0.1, 0.15) is 0 Å². The van der Waals surface area contributed by atoms with E-state index in [4.69, 9.17) is 0 Å². The van der Waals surface area contributed by atoms with E-state index in [0.29, 0.717) is 6.42 Å². The van der Waals surface area contributed by atoms with Crippen molar-refractivity contribution in [3.8, 4) is 0 Å². The van der Waals surface area contributed by atoms with E-state index in [1.54, 1.807) is 0 Å². The van der Waals surface area contributed by atoms with Gasteiger partial charge in [-0.15, -0.1) is 0 Å². The molecule has 2 aromatic rings. The highest BCUT2D eigenvalue weighted by Crippen LogP contribution is 2.19. The second-order valence-corrected chi connectivity index (χ2v) is 4.55. The maximum absolute atomic E-state index is 11.8. The van der Waals surface area contributed by atoms with Crippen LogP contribution >= 0.6 is 0 Å². The summed E-state index contributed by atoms with van der Waals surface area (Å²) in [6.07, 6.45) is 4.48. The molecular formula is C14H19N3O. The number of unbranched alkanes of at least 4 members (excludes halogenated alkanes) is 1. The van der Waals surface area contributed by atoms with Gasteiger partial charge in [0.2, 0.25) is 5.91 Å². The van der Waals surface area contributed by atoms with Gasteiger partial charge in [-0.1, -0.05) is 13.3 Å². The molecule has 0 aliphatic heterocycles. The van der Waals surface area contributed by atoms with Gasteiger partial charge in [-0.05, 0) is 32.4 Å². The van der Waals surface area contributed by atoms with E-state index in [1.807, 2.05) is 36.6 Å². The second kappa shape index (κ2) is 5.21. The zero-order valence-corrected chi connectivity index (χ0v) is 11.2. The van der Waals surface area contributed by atoms with E-state index in [1.165, 1.54) is 0 Å². The van der Waals surface area contributed by atoms with Crippen molar-refractivity contribution in [1.29, 1.82) is 0 Å². The minimum Gasteiger partial charge on any atom is -0.323 e. The lowest BCUT2D eigenvalue weighted by atomic mass is 10.2. The summed E-state index contributed by atoms with van der Waals surface area (Å²) >= 11 is 0. The summed E-state index contributed by atoms with van der Waals surface area (Å²) in [6, 6.07) is 3.82. The van der Waals surface area contributed by atoms with Gasteiger partial charge in [-0.3, -0.25) is 4.79 Å². The summed E-state index contributed by atoms with van der Waals surface area (Å²) in [6.45, 7) is 6.08. The number of nitrogens with zero attached hydrogens (tertiary/aromatic N) is 2. The van der Waals surface area contributed by atoms with E-state index < -0.39 is 0 Å². The van der Waals surface area contributed by atoms with Crippen LogP contribution in [0.5, 0.6) is 0 Å². The van der Waals surface area contributed by atoms with Crippen molar-refractivity contribution in [3.05, 3.63) is 29.7 Å². The Hall–Kier alpha value is -1.84. The molecule has 0 spiro atoms. The van der Waals surface area contributed by atoms with E-state index in [2.05, 4.69) is 17.2 Å². The quantitative estimate of drug-likeness (QED) is 0.899. The molecule has 1 N–H and O–H groups in total. The summed E-state index contributed by atoms with van der Waals surface area (Å²) < 4.78 is 2.00. The fraction of sp³-hybridized carbons (Fsp3) is 0.429. The van der Waals surface area contributed by atoms with Gasteiger partial charge in [0.15, 0.2) is 5.65 Å². The molecule has 4 nitrogen and oxygen atoms in total. The summed E-state index contributed by atoms with van der Waals surface area (Å²) in [5.74, 6) is 0.0586. The Balaban J connectivity index is 2.28. The van der Waals surface area contributed by atoms with Crippen LogP contribution in [0.25, 0.3) is 5.65 Å². The van der Waals surface area contributed by atoms with Crippen LogP contribution in [0.1, 0.15) is 37.6 Å². The number of pyridine rings is 1. The number of aryl methyl sites for hydroxylation is 2. The van der Waals surface area contributed by atoms with Crippen molar-refractivity contribution < 1.29 is 4.79 Å². The Kier molecular flexibility index (Phi) is 3.65. The van der Waals surface area contributed by atoms with Gasteiger partial charge in [0, 0.05) is 18.3 Å². The normalized spacial score (nSPS) is 10.8. The van der Waals surface area contributed by atoms with Gasteiger partial charge in [-0.25, -0.2) is 4.98 Å². The molecule has 2 rings (SSSR count). The first-order valence-electron chi connectivity index (χ1n) is 6.37. The zero-order chi connectivity index (χ0) is 13.1. The van der Waals surface area contributed by atoms with Crippen molar-refractivity contribution in [2.45, 2.75) is 40.0 Å². The molecule has 0 aliphatic rings. The number of hydrogen-bond acceptors (Lipinski definition) is 2. The number of carbonyl (C=O) groups is 1. The van der Waals surface area contributed by atoms with Crippen LogP contribution in [0.15, 0.2) is 18.3 Å². The molecule has 0 atom stereocenters. The highest BCUT2D eigenvalue weighted by molar-refractivity contribution is 5.94. The topological polar surface area (TPSA) is 46.4 Å². The Morgan fingerprint density at radius 3 is 2.94 bits per heavy atom. The fourth-order valence-electron chi connectivity index (χ4n) is 1.95. The van der Waals surface area contributed by atoms with Crippen LogP contribution in [-0.4, -0.2) is 15.3 Å². The molecule has 18 heavy (non-hydrogen) atoms. The predicted octanol–water partition coefficient (Wildman–Crippen LogP) is 3.08. The number of nitrogens with one attached hydrogen (secondary N) is 1. The SMILES string of the molecule is CCCCC(=O)Nc1cccn2c(C)c(C)nc12. The molecule has 0 saturated heterocycles. The summed E-state index contributed by atoms with van der Waals surface area (Å²) in [5, 5.41) is 2.94. The number of hydrogen-bond donors (Lipinski definition) is 1. The summed E-state index contributed by atoms with van der Waals surface area (Å²) in [5.41, 5.74) is 3.70. The van der Waals surface area contributed by atoms with Gasteiger partial charge in [0.05, 0.1) is 11.4 Å². The molecular weight excluding hydrogens is 226 g/mol. The lowest BCUT2D eigenvalue weighted by Gasteiger charge is -2.06. The lowest BCUT2D eigenvalue weighted by molar-refractivity contribution is -0.116. The highest BCUT2D eigenvalue weighted by atomic mass is 16.1. The van der Waals surface area contributed by atoms with Gasteiger partial charge < -0.3 is 9.72 Å². The number of rotatable bonds is 4. The number of anilines is 1. The van der Waals surface area contributed by atoms with Crippen LogP contribution < -0.4 is 5.32 Å². The first-order chi connectivity index (χ1) is 8.63. The van der Waals surface area contributed by atoms with Crippen molar-refractivity contribution >= 4 is 17.2 Å². The molecule has 2 aromatic heterocycles. The van der Waals surface area contributed by atoms with Crippen LogP contribution in [0.4, 0.5) is 5.69 Å². The third-order valence-electron chi connectivity index (χ3n) is 3.16. The van der Waals surface area contributed by atoms with Crippen LogP contribution in [0.2, 0.25) is 0 Å². The molecule has 0 bridgehead atoms. The maximum atomic E-state index is 11.8. The van der Waals surface area contributed by atoms with Crippen molar-refractivity contribution in [2.75, 3.05) is 5.32 Å². The van der Waals surface area contributed by atoms with Crippen molar-refractivity contribution in [2.24, 2.45) is 0 Å². The number of aromatic nitrogens is 2. The van der Waals surface area contributed by atoms with Gasteiger partial charge >= 0.3 is 0 Å². The monoisotopic (exact) mass is 245 g/mol. The Morgan fingerprint density at radius 2 is 2.22 bits per heavy atom. The van der Waals surface area contributed by atoms with Crippen molar-refractivity contribution in [3.63, 3.8) is 0 Å². The van der Waals surface area contributed by atoms with E-state index in [9.17, 15) is 4.79 Å². The van der Waals surface area contributed by atoms with E-state index >= 15 is 0 Å². The molecule has 0 fully saturated rings. The smallest absolute Gasteiger partial charge is 0.224 e. The average Bonchev–Trinajstić information content (AvgIpc) is 2.65. The van der Waals surface area contributed by atoms with Crippen LogP contribution in [0, 0.1) is 13.8 Å². The highest BCUT2D eigenvalue weighted by Gasteiger charge is 2.10. The van der Waals surface area contributed by atoms with Crippen LogP contribution in [-0.2, 0) is 4.79 Å². The molecule has 0 radical (unpaired) electrons. The van der Waals surface area contributed by atoms with Crippen LogP contribution in [0.3, 0.4) is 0 Å². The summed E-state index contributed by atoms with van der Waals surface area (Å²) in [7, 11) is 0. The van der Waals surface area contributed by atoms with Gasteiger partial charge in [0.25, 0.3) is 0 Å². The molecule has 0 aliphatic carbocycles. The number of imidazole rings is 1. The second-order valence-electron chi connectivity index (χ2n) is 4.55. The van der Waals surface area contributed by atoms with E-state index in [0.717, 1.165) is 35.6 Å². The molecule has 0 aromatic carbocycles. The first-order valence-corrected chi connectivity index (χ1v) is 6.37. The number of amides is 1. The van der Waals surface area contributed by atoms with Gasteiger partial charge in [-0.2, -0.15) is 0 Å². The van der Waals surface area contributed by atoms with Crippen molar-refractivity contribution in [1.82, 2.24) is 9.38 Å². The minimum atomic E-state index is 0.0586. The third-order valence-corrected chi connectivity index (χ3v) is 3.16. The summed E-state index contributed by atoms with van der Waals surface area (Å²) in [4.78, 5) is 16.3. The largest absolute Gasteiger partial charge is 0.323 e. The molecule has 96 valence electrons. The molecule has 4 heteroatoms. The molecule has 2 heterocycles. The zero-order valence-electron chi connectivity index (χ0n) is 11.2. The Bertz CT molecular complexity index is 572. The molecule has 0 saturated carbocycles. The lowest BCUT2D eigenvalue weighted by Crippen LogP contribution is -2.11. The Labute approximate surface area is 107 Å². The average molecular weight is 245 g/mol. The minimum absolute atomic E-state index is 0.0586. The Morgan fingerprint density at radius 1 is 1.44 bits per heavy atom. The number of carbonyl (C=O) groups excluding carboxylic acids is 1. The first kappa shape index (κ1) is 12.6. The maximum Gasteiger partial charge on any atom is 0.224 e. The molecule has 1 amide bonds. The fourth-order valence-corrected chi connectivity index (χ4v) is 1.95. The van der Waals surface area contributed by atoms with E-state index in [-0.39, 0.29) is 5.91 Å².